The van der Waals surface area contributed by atoms with Crippen LogP contribution in [0.3, 0.4) is 0 Å². The van der Waals surface area contributed by atoms with Crippen LogP contribution in [0.15, 0.2) is 24.5 Å². The van der Waals surface area contributed by atoms with Gasteiger partial charge in [0.15, 0.2) is 0 Å². The third-order valence-corrected chi connectivity index (χ3v) is 4.20. The zero-order valence-electron chi connectivity index (χ0n) is 12.3. The summed E-state index contributed by atoms with van der Waals surface area (Å²) in [6.07, 6.45) is 14.4. The third kappa shape index (κ3) is 5.72. The molecule has 1 heterocycles. The fourth-order valence-corrected chi connectivity index (χ4v) is 3.01. The molecule has 0 spiro atoms. The standard InChI is InChI=1S/C17H26N2O/c20-17(10-4-8-15-6-2-1-3-7-15)19-13-11-16-9-5-12-18-14-16/h5,9,12,14-15H,1-4,6-8,10-11,13H2,(H,19,20). The molecule has 0 saturated heterocycles. The Kier molecular flexibility index (Phi) is 6.55. The molecular formula is C17H26N2O. The molecule has 1 N–H and O–H groups in total. The molecule has 0 aromatic carbocycles. The molecule has 1 aromatic heterocycles. The van der Waals surface area contributed by atoms with E-state index in [1.807, 2.05) is 18.3 Å². The number of hydrogen-bond acceptors (Lipinski definition) is 2. The van der Waals surface area contributed by atoms with E-state index in [2.05, 4.69) is 10.3 Å². The van der Waals surface area contributed by atoms with Gasteiger partial charge in [0.1, 0.15) is 0 Å². The lowest BCUT2D eigenvalue weighted by atomic mass is 9.86. The Labute approximate surface area is 122 Å². The molecule has 0 aliphatic heterocycles. The van der Waals surface area contributed by atoms with Crippen molar-refractivity contribution in [3.8, 4) is 0 Å². The van der Waals surface area contributed by atoms with E-state index >= 15 is 0 Å². The number of amides is 1. The second-order valence-electron chi connectivity index (χ2n) is 5.86. The van der Waals surface area contributed by atoms with Crippen molar-refractivity contribution < 1.29 is 4.79 Å². The number of nitrogens with zero attached hydrogens (tertiary/aromatic N) is 1. The highest BCUT2D eigenvalue weighted by Gasteiger charge is 2.13. The summed E-state index contributed by atoms with van der Waals surface area (Å²) in [4.78, 5) is 15.8. The fraction of sp³-hybridized carbons (Fsp3) is 0.647. The summed E-state index contributed by atoms with van der Waals surface area (Å²) >= 11 is 0. The van der Waals surface area contributed by atoms with Crippen LogP contribution in [0.25, 0.3) is 0 Å². The van der Waals surface area contributed by atoms with Gasteiger partial charge in [-0.05, 0) is 36.8 Å². The monoisotopic (exact) mass is 274 g/mol. The van der Waals surface area contributed by atoms with Crippen molar-refractivity contribution >= 4 is 5.91 Å². The van der Waals surface area contributed by atoms with Crippen LogP contribution in [0.4, 0.5) is 0 Å². The van der Waals surface area contributed by atoms with Crippen LogP contribution in [0, 0.1) is 5.92 Å². The average molecular weight is 274 g/mol. The Bertz CT molecular complexity index is 385. The van der Waals surface area contributed by atoms with Gasteiger partial charge >= 0.3 is 0 Å². The lowest BCUT2D eigenvalue weighted by molar-refractivity contribution is -0.121. The van der Waals surface area contributed by atoms with Gasteiger partial charge in [0.2, 0.25) is 5.91 Å². The van der Waals surface area contributed by atoms with Gasteiger partial charge in [-0.15, -0.1) is 0 Å². The molecule has 0 unspecified atom stereocenters. The Morgan fingerprint density at radius 1 is 1.30 bits per heavy atom. The van der Waals surface area contributed by atoms with Crippen LogP contribution < -0.4 is 5.32 Å². The molecule has 20 heavy (non-hydrogen) atoms. The van der Waals surface area contributed by atoms with E-state index in [9.17, 15) is 4.79 Å². The maximum absolute atomic E-state index is 11.7. The predicted octanol–water partition coefficient (Wildman–Crippen LogP) is 3.49. The molecule has 110 valence electrons. The molecule has 0 radical (unpaired) electrons. The maximum Gasteiger partial charge on any atom is 0.220 e. The maximum atomic E-state index is 11.7. The normalized spacial score (nSPS) is 16.0. The van der Waals surface area contributed by atoms with Gasteiger partial charge in [-0.1, -0.05) is 38.2 Å². The topological polar surface area (TPSA) is 42.0 Å². The number of carbonyl (C=O) groups excluding carboxylic acids is 1. The molecule has 1 aliphatic rings. The van der Waals surface area contributed by atoms with Gasteiger partial charge in [0, 0.05) is 25.4 Å². The van der Waals surface area contributed by atoms with E-state index in [-0.39, 0.29) is 5.91 Å². The van der Waals surface area contributed by atoms with Crippen molar-refractivity contribution in [2.75, 3.05) is 6.54 Å². The molecule has 0 atom stereocenters. The van der Waals surface area contributed by atoms with E-state index in [0.29, 0.717) is 13.0 Å². The van der Waals surface area contributed by atoms with E-state index in [1.165, 1.54) is 44.1 Å². The van der Waals surface area contributed by atoms with Crippen LogP contribution >= 0.6 is 0 Å². The molecule has 1 amide bonds. The summed E-state index contributed by atoms with van der Waals surface area (Å²) < 4.78 is 0. The molecule has 3 heteroatoms. The number of hydrogen-bond donors (Lipinski definition) is 1. The predicted molar refractivity (Wildman–Crippen MR) is 81.4 cm³/mol. The first-order valence-corrected chi connectivity index (χ1v) is 8.00. The van der Waals surface area contributed by atoms with E-state index in [4.69, 9.17) is 0 Å². The zero-order chi connectivity index (χ0) is 14.0. The summed E-state index contributed by atoms with van der Waals surface area (Å²) in [6.45, 7) is 0.716. The lowest BCUT2D eigenvalue weighted by Crippen LogP contribution is -2.25. The highest BCUT2D eigenvalue weighted by molar-refractivity contribution is 5.75. The van der Waals surface area contributed by atoms with E-state index in [0.717, 1.165) is 18.8 Å². The second kappa shape index (κ2) is 8.72. The van der Waals surface area contributed by atoms with Gasteiger partial charge in [-0.2, -0.15) is 0 Å². The SMILES string of the molecule is O=C(CCCC1CCCCC1)NCCc1cccnc1. The first kappa shape index (κ1) is 15.0. The van der Waals surface area contributed by atoms with Crippen LogP contribution in [-0.2, 0) is 11.2 Å². The Morgan fingerprint density at radius 3 is 2.90 bits per heavy atom. The Hall–Kier alpha value is -1.38. The van der Waals surface area contributed by atoms with Crippen molar-refractivity contribution in [1.29, 1.82) is 0 Å². The number of carbonyl (C=O) groups is 1. The van der Waals surface area contributed by atoms with Crippen LogP contribution in [0.5, 0.6) is 0 Å². The molecule has 1 saturated carbocycles. The Balaban J connectivity index is 1.52. The first-order chi connectivity index (χ1) is 9.84. The molecule has 1 aromatic rings. The molecule has 1 fully saturated rings. The highest BCUT2D eigenvalue weighted by atomic mass is 16.1. The minimum absolute atomic E-state index is 0.199. The van der Waals surface area contributed by atoms with Crippen molar-refractivity contribution in [3.05, 3.63) is 30.1 Å². The van der Waals surface area contributed by atoms with Gasteiger partial charge < -0.3 is 5.32 Å². The van der Waals surface area contributed by atoms with Gasteiger partial charge in [-0.3, -0.25) is 9.78 Å². The summed E-state index contributed by atoms with van der Waals surface area (Å²) in [6, 6.07) is 3.98. The van der Waals surface area contributed by atoms with Crippen LogP contribution in [0.1, 0.15) is 56.9 Å². The highest BCUT2D eigenvalue weighted by Crippen LogP contribution is 2.27. The fourth-order valence-electron chi connectivity index (χ4n) is 3.01. The number of pyridine rings is 1. The minimum atomic E-state index is 0.199. The number of nitrogens with one attached hydrogen (secondary N) is 1. The summed E-state index contributed by atoms with van der Waals surface area (Å²) in [5.41, 5.74) is 1.18. The zero-order valence-corrected chi connectivity index (χ0v) is 12.3. The second-order valence-corrected chi connectivity index (χ2v) is 5.86. The van der Waals surface area contributed by atoms with Crippen molar-refractivity contribution in [2.24, 2.45) is 5.92 Å². The van der Waals surface area contributed by atoms with Crippen molar-refractivity contribution in [3.63, 3.8) is 0 Å². The van der Waals surface area contributed by atoms with Gasteiger partial charge in [0.05, 0.1) is 0 Å². The van der Waals surface area contributed by atoms with E-state index in [1.54, 1.807) is 6.20 Å². The minimum Gasteiger partial charge on any atom is -0.356 e. The van der Waals surface area contributed by atoms with E-state index < -0.39 is 0 Å². The third-order valence-electron chi connectivity index (χ3n) is 4.20. The van der Waals surface area contributed by atoms with Gasteiger partial charge in [-0.25, -0.2) is 0 Å². The largest absolute Gasteiger partial charge is 0.356 e. The number of rotatable bonds is 7. The summed E-state index contributed by atoms with van der Waals surface area (Å²) in [7, 11) is 0. The summed E-state index contributed by atoms with van der Waals surface area (Å²) in [5.74, 6) is 1.08. The molecule has 1 aliphatic carbocycles. The smallest absolute Gasteiger partial charge is 0.220 e. The lowest BCUT2D eigenvalue weighted by Gasteiger charge is -2.21. The molecule has 0 bridgehead atoms. The quantitative estimate of drug-likeness (QED) is 0.827. The number of aromatic nitrogens is 1. The van der Waals surface area contributed by atoms with Crippen LogP contribution in [-0.4, -0.2) is 17.4 Å². The average Bonchev–Trinajstić information content (AvgIpc) is 2.49. The molecule has 3 nitrogen and oxygen atoms in total. The van der Waals surface area contributed by atoms with Crippen LogP contribution in [0.2, 0.25) is 0 Å². The molecule has 2 rings (SSSR count). The Morgan fingerprint density at radius 2 is 2.15 bits per heavy atom. The van der Waals surface area contributed by atoms with Crippen molar-refractivity contribution in [1.82, 2.24) is 10.3 Å². The van der Waals surface area contributed by atoms with Gasteiger partial charge in [0.25, 0.3) is 0 Å². The van der Waals surface area contributed by atoms with Crippen molar-refractivity contribution in [2.45, 2.75) is 57.8 Å². The first-order valence-electron chi connectivity index (χ1n) is 8.00. The summed E-state index contributed by atoms with van der Waals surface area (Å²) in [5, 5.41) is 3.00. The molecular weight excluding hydrogens is 248 g/mol.